The molecule has 128 valence electrons. The van der Waals surface area contributed by atoms with E-state index in [-0.39, 0.29) is 23.2 Å². The van der Waals surface area contributed by atoms with Gasteiger partial charge in [0.05, 0.1) is 16.3 Å². The van der Waals surface area contributed by atoms with Gasteiger partial charge in [0.2, 0.25) is 5.91 Å². The van der Waals surface area contributed by atoms with Gasteiger partial charge in [0, 0.05) is 24.5 Å². The summed E-state index contributed by atoms with van der Waals surface area (Å²) in [5.41, 5.74) is 1.45. The van der Waals surface area contributed by atoms with Gasteiger partial charge in [0.1, 0.15) is 0 Å². The Balaban J connectivity index is 2.12. The molecule has 1 aromatic heterocycles. The Morgan fingerprint density at radius 2 is 2.00 bits per heavy atom. The lowest BCUT2D eigenvalue weighted by Crippen LogP contribution is -2.05. The van der Waals surface area contributed by atoms with E-state index in [1.54, 1.807) is 41.8 Å². The number of carbonyl (C=O) groups is 1. The molecule has 0 bridgehead atoms. The van der Waals surface area contributed by atoms with Gasteiger partial charge in [-0.05, 0) is 18.6 Å². The first-order valence-electron chi connectivity index (χ1n) is 7.24. The summed E-state index contributed by atoms with van der Waals surface area (Å²) in [4.78, 5) is 15.5. The van der Waals surface area contributed by atoms with E-state index in [0.29, 0.717) is 17.2 Å². The standard InChI is InChI=1S/C16H18N2O4S2/c1-12(20)17-16-18-15(11-23-16)13-5-7-14(8-6-13)24(21,22)10-4-2-3-9-19/h2,4-8,11,19H,3,9-10H2,1H3,(H,17,18,20). The lowest BCUT2D eigenvalue weighted by atomic mass is 10.2. The molecule has 1 heterocycles. The van der Waals surface area contributed by atoms with E-state index < -0.39 is 9.84 Å². The van der Waals surface area contributed by atoms with E-state index in [1.165, 1.54) is 18.3 Å². The summed E-state index contributed by atoms with van der Waals surface area (Å²) < 4.78 is 24.4. The van der Waals surface area contributed by atoms with E-state index in [2.05, 4.69) is 10.3 Å². The molecule has 0 saturated heterocycles. The number of nitrogens with one attached hydrogen (secondary N) is 1. The zero-order valence-electron chi connectivity index (χ0n) is 13.1. The topological polar surface area (TPSA) is 96.4 Å². The zero-order valence-corrected chi connectivity index (χ0v) is 14.7. The largest absolute Gasteiger partial charge is 0.396 e. The number of anilines is 1. The van der Waals surface area contributed by atoms with Crippen LogP contribution < -0.4 is 5.32 Å². The third-order valence-electron chi connectivity index (χ3n) is 3.07. The van der Waals surface area contributed by atoms with E-state index in [0.717, 1.165) is 5.56 Å². The Bertz CT molecular complexity index is 824. The molecule has 8 heteroatoms. The lowest BCUT2D eigenvalue weighted by Gasteiger charge is -2.03. The second-order valence-electron chi connectivity index (χ2n) is 5.01. The van der Waals surface area contributed by atoms with Crippen LogP contribution in [-0.2, 0) is 14.6 Å². The number of thiazole rings is 1. The number of rotatable bonds is 7. The molecule has 0 aliphatic carbocycles. The molecule has 0 unspecified atom stereocenters. The molecular weight excluding hydrogens is 348 g/mol. The van der Waals surface area contributed by atoms with Gasteiger partial charge >= 0.3 is 0 Å². The highest BCUT2D eigenvalue weighted by Gasteiger charge is 2.13. The van der Waals surface area contributed by atoms with Crippen molar-refractivity contribution in [1.82, 2.24) is 4.98 Å². The van der Waals surface area contributed by atoms with Gasteiger partial charge in [0.15, 0.2) is 15.0 Å². The second-order valence-corrected chi connectivity index (χ2v) is 7.90. The van der Waals surface area contributed by atoms with Gasteiger partial charge in [-0.3, -0.25) is 4.79 Å². The van der Waals surface area contributed by atoms with E-state index >= 15 is 0 Å². The number of hydrogen-bond acceptors (Lipinski definition) is 6. The molecule has 0 aliphatic heterocycles. The molecular formula is C16H18N2O4S2. The zero-order chi connectivity index (χ0) is 17.6. The van der Waals surface area contributed by atoms with E-state index in [4.69, 9.17) is 5.11 Å². The van der Waals surface area contributed by atoms with Crippen molar-refractivity contribution in [2.24, 2.45) is 0 Å². The average Bonchev–Trinajstić information content (AvgIpc) is 2.99. The third-order valence-corrected chi connectivity index (χ3v) is 5.45. The molecule has 2 aromatic rings. The molecule has 2 N–H and O–H groups in total. The van der Waals surface area contributed by atoms with Gasteiger partial charge < -0.3 is 10.4 Å². The Hall–Kier alpha value is -2.03. The Kier molecular flexibility index (Phi) is 6.24. The maximum atomic E-state index is 12.2. The predicted molar refractivity (Wildman–Crippen MR) is 94.7 cm³/mol. The number of carbonyl (C=O) groups excluding carboxylic acids is 1. The highest BCUT2D eigenvalue weighted by atomic mass is 32.2. The van der Waals surface area contributed by atoms with Gasteiger partial charge in [-0.2, -0.15) is 0 Å². The van der Waals surface area contributed by atoms with Crippen molar-refractivity contribution in [2.75, 3.05) is 17.7 Å². The molecule has 0 radical (unpaired) electrons. The fourth-order valence-electron chi connectivity index (χ4n) is 1.93. The number of nitrogens with zero attached hydrogens (tertiary/aromatic N) is 1. The fourth-order valence-corrected chi connectivity index (χ4v) is 3.83. The van der Waals surface area contributed by atoms with Gasteiger partial charge in [-0.1, -0.05) is 24.3 Å². The van der Waals surface area contributed by atoms with E-state index in [9.17, 15) is 13.2 Å². The minimum absolute atomic E-state index is 0.000636. The number of sulfone groups is 1. The van der Waals surface area contributed by atoms with Crippen LogP contribution in [0.5, 0.6) is 0 Å². The summed E-state index contributed by atoms with van der Waals surface area (Å²) in [6, 6.07) is 6.47. The van der Waals surface area contributed by atoms with Gasteiger partial charge in [0.25, 0.3) is 0 Å². The van der Waals surface area contributed by atoms with Crippen molar-refractivity contribution >= 4 is 32.2 Å². The van der Waals surface area contributed by atoms with Crippen LogP contribution in [0.2, 0.25) is 0 Å². The first kappa shape index (κ1) is 18.3. The first-order valence-corrected chi connectivity index (χ1v) is 9.78. The summed E-state index contributed by atoms with van der Waals surface area (Å²) in [5.74, 6) is -0.290. The highest BCUT2D eigenvalue weighted by molar-refractivity contribution is 7.91. The SMILES string of the molecule is CC(=O)Nc1nc(-c2ccc(S(=O)(=O)CC=CCCO)cc2)cs1. The minimum atomic E-state index is -3.39. The van der Waals surface area contributed by atoms with Gasteiger partial charge in [-0.15, -0.1) is 11.3 Å². The highest BCUT2D eigenvalue weighted by Crippen LogP contribution is 2.26. The van der Waals surface area contributed by atoms with Crippen molar-refractivity contribution in [3.8, 4) is 11.3 Å². The number of amides is 1. The monoisotopic (exact) mass is 366 g/mol. The molecule has 2 rings (SSSR count). The molecule has 0 fully saturated rings. The molecule has 0 aliphatic rings. The molecule has 1 aromatic carbocycles. The van der Waals surface area contributed by atoms with Gasteiger partial charge in [-0.25, -0.2) is 13.4 Å². The summed E-state index contributed by atoms with van der Waals surface area (Å²) in [7, 11) is -3.39. The smallest absolute Gasteiger partial charge is 0.223 e. The Labute approximate surface area is 144 Å². The molecule has 24 heavy (non-hydrogen) atoms. The summed E-state index contributed by atoms with van der Waals surface area (Å²) >= 11 is 1.31. The quantitative estimate of drug-likeness (QED) is 0.734. The van der Waals surface area contributed by atoms with Crippen molar-refractivity contribution < 1.29 is 18.3 Å². The number of aliphatic hydroxyl groups is 1. The predicted octanol–water partition coefficient (Wildman–Crippen LogP) is 2.48. The number of aromatic nitrogens is 1. The van der Waals surface area contributed by atoms with Crippen LogP contribution in [0, 0.1) is 0 Å². The van der Waals surface area contributed by atoms with Crippen LogP contribution in [0.15, 0.2) is 46.7 Å². The number of hydrogen-bond donors (Lipinski definition) is 2. The number of benzene rings is 1. The van der Waals surface area contributed by atoms with Crippen LogP contribution in [0.3, 0.4) is 0 Å². The molecule has 1 amide bonds. The molecule has 0 spiro atoms. The van der Waals surface area contributed by atoms with Crippen molar-refractivity contribution in [2.45, 2.75) is 18.2 Å². The first-order chi connectivity index (χ1) is 11.4. The fraction of sp³-hybridized carbons (Fsp3) is 0.250. The average molecular weight is 366 g/mol. The Morgan fingerprint density at radius 3 is 2.62 bits per heavy atom. The maximum Gasteiger partial charge on any atom is 0.223 e. The van der Waals surface area contributed by atoms with Crippen LogP contribution in [0.1, 0.15) is 13.3 Å². The van der Waals surface area contributed by atoms with Crippen LogP contribution in [0.4, 0.5) is 5.13 Å². The lowest BCUT2D eigenvalue weighted by molar-refractivity contribution is -0.114. The van der Waals surface area contributed by atoms with Crippen LogP contribution in [-0.4, -0.2) is 36.8 Å². The molecule has 6 nitrogen and oxygen atoms in total. The summed E-state index contributed by atoms with van der Waals surface area (Å²) in [6.45, 7) is 1.41. The van der Waals surface area contributed by atoms with Crippen molar-refractivity contribution in [3.05, 3.63) is 41.8 Å². The Morgan fingerprint density at radius 1 is 1.29 bits per heavy atom. The molecule has 0 saturated carbocycles. The van der Waals surface area contributed by atoms with Crippen molar-refractivity contribution in [1.29, 1.82) is 0 Å². The normalized spacial score (nSPS) is 11.8. The summed E-state index contributed by atoms with van der Waals surface area (Å²) in [5, 5.41) is 13.6. The third kappa shape index (κ3) is 4.98. The summed E-state index contributed by atoms with van der Waals surface area (Å²) in [6.07, 6.45) is 3.62. The van der Waals surface area contributed by atoms with Crippen LogP contribution >= 0.6 is 11.3 Å². The minimum Gasteiger partial charge on any atom is -0.396 e. The van der Waals surface area contributed by atoms with Crippen LogP contribution in [0.25, 0.3) is 11.3 Å². The maximum absolute atomic E-state index is 12.2. The second kappa shape index (κ2) is 8.18. The van der Waals surface area contributed by atoms with Crippen molar-refractivity contribution in [3.63, 3.8) is 0 Å². The molecule has 0 atom stereocenters. The number of aliphatic hydroxyl groups excluding tert-OH is 1. The van der Waals surface area contributed by atoms with E-state index in [1.807, 2.05) is 0 Å².